The topological polar surface area (TPSA) is 61.3 Å². The molecule has 4 aliphatic carbocycles. The van der Waals surface area contributed by atoms with Gasteiger partial charge in [0.1, 0.15) is 5.75 Å². The monoisotopic (exact) mass is 518 g/mol. The van der Waals surface area contributed by atoms with E-state index in [0.29, 0.717) is 34.0 Å². The number of hydrogen-bond donors (Lipinski definition) is 2. The van der Waals surface area contributed by atoms with Gasteiger partial charge in [-0.2, -0.15) is 0 Å². The lowest BCUT2D eigenvalue weighted by atomic mass is 9.44. The summed E-state index contributed by atoms with van der Waals surface area (Å²) in [5.74, 6) is 6.41. The molecule has 10 unspecified atom stereocenters. The van der Waals surface area contributed by atoms with Crippen LogP contribution in [0, 0.1) is 52.3 Å². The molecule has 4 saturated carbocycles. The highest BCUT2D eigenvalue weighted by Gasteiger charge is 2.60. The van der Waals surface area contributed by atoms with Crippen molar-refractivity contribution in [2.75, 3.05) is 11.5 Å². The fraction of sp³-hybridized carbons (Fsp3) is 0.714. The van der Waals surface area contributed by atoms with Crippen LogP contribution in [0.4, 0.5) is 11.4 Å². The Labute approximate surface area is 232 Å². The van der Waals surface area contributed by atoms with Crippen LogP contribution in [0.1, 0.15) is 97.8 Å². The van der Waals surface area contributed by atoms with Gasteiger partial charge in [0.05, 0.1) is 11.8 Å². The number of nitrogen functional groups attached to an aromatic ring is 2. The molecular formula is C35H54N2O. The minimum Gasteiger partial charge on any atom is -0.488 e. The fourth-order valence-electron chi connectivity index (χ4n) is 10.2. The highest BCUT2D eigenvalue weighted by molar-refractivity contribution is 5.60. The van der Waals surface area contributed by atoms with Crippen molar-refractivity contribution in [1.29, 1.82) is 0 Å². The van der Waals surface area contributed by atoms with Gasteiger partial charge in [-0.1, -0.05) is 39.3 Å². The zero-order valence-electron chi connectivity index (χ0n) is 24.5. The summed E-state index contributed by atoms with van der Waals surface area (Å²) in [5, 5.41) is 0. The number of hydrogen-bond acceptors (Lipinski definition) is 3. The third-order valence-electron chi connectivity index (χ3n) is 12.4. The molecule has 4 aliphatic rings. The second-order valence-electron chi connectivity index (χ2n) is 14.2. The van der Waals surface area contributed by atoms with Gasteiger partial charge in [-0.15, -0.1) is 13.2 Å². The maximum Gasteiger partial charge on any atom is 0.142 e. The van der Waals surface area contributed by atoms with Gasteiger partial charge in [-0.25, -0.2) is 0 Å². The number of rotatable bonds is 9. The highest BCUT2D eigenvalue weighted by Crippen LogP contribution is 2.68. The van der Waals surface area contributed by atoms with Gasteiger partial charge in [-0.05, 0) is 141 Å². The molecule has 4 N–H and O–H groups in total. The second kappa shape index (κ2) is 10.9. The number of anilines is 2. The molecule has 210 valence electrons. The zero-order valence-corrected chi connectivity index (χ0v) is 24.5. The maximum atomic E-state index is 6.47. The predicted octanol–water partition coefficient (Wildman–Crippen LogP) is 9.05. The second-order valence-corrected chi connectivity index (χ2v) is 14.2. The summed E-state index contributed by atoms with van der Waals surface area (Å²) in [4.78, 5) is 0. The minimum atomic E-state index is 0.275. The van der Waals surface area contributed by atoms with Crippen molar-refractivity contribution in [2.24, 2.45) is 52.3 Å². The van der Waals surface area contributed by atoms with Gasteiger partial charge in [-0.3, -0.25) is 0 Å². The van der Waals surface area contributed by atoms with Crippen LogP contribution >= 0.6 is 0 Å². The first-order valence-electron chi connectivity index (χ1n) is 15.8. The number of allylic oxidation sites excluding steroid dienone is 2. The van der Waals surface area contributed by atoms with Crippen molar-refractivity contribution in [3.8, 4) is 5.75 Å². The highest BCUT2D eigenvalue weighted by atomic mass is 16.5. The van der Waals surface area contributed by atoms with E-state index in [-0.39, 0.29) is 6.10 Å². The van der Waals surface area contributed by atoms with Crippen molar-refractivity contribution in [1.82, 2.24) is 0 Å². The zero-order chi connectivity index (χ0) is 27.1. The minimum absolute atomic E-state index is 0.275. The summed E-state index contributed by atoms with van der Waals surface area (Å²) in [6, 6.07) is 5.67. The van der Waals surface area contributed by atoms with Gasteiger partial charge in [0.2, 0.25) is 0 Å². The Morgan fingerprint density at radius 1 is 0.947 bits per heavy atom. The molecule has 0 aliphatic heterocycles. The molecule has 0 bridgehead atoms. The molecule has 5 rings (SSSR count). The maximum absolute atomic E-state index is 6.47. The lowest BCUT2D eigenvalue weighted by Gasteiger charge is -2.61. The molecule has 0 saturated heterocycles. The van der Waals surface area contributed by atoms with Gasteiger partial charge >= 0.3 is 0 Å². The molecule has 38 heavy (non-hydrogen) atoms. The molecule has 3 nitrogen and oxygen atoms in total. The van der Waals surface area contributed by atoms with Crippen molar-refractivity contribution in [3.63, 3.8) is 0 Å². The normalized spacial score (nSPS) is 39.8. The van der Waals surface area contributed by atoms with Crippen LogP contribution in [0.3, 0.4) is 0 Å². The Balaban J connectivity index is 1.24. The molecule has 0 heterocycles. The summed E-state index contributed by atoms with van der Waals surface area (Å²) in [6.45, 7) is 16.0. The smallest absolute Gasteiger partial charge is 0.142 e. The van der Waals surface area contributed by atoms with E-state index in [1.807, 2.05) is 18.2 Å². The van der Waals surface area contributed by atoms with Crippen LogP contribution in [0.15, 0.2) is 43.5 Å². The van der Waals surface area contributed by atoms with Crippen LogP contribution in [0.2, 0.25) is 0 Å². The van der Waals surface area contributed by atoms with Crippen LogP contribution in [-0.2, 0) is 0 Å². The molecule has 0 aromatic heterocycles. The molecule has 1 aromatic carbocycles. The largest absolute Gasteiger partial charge is 0.488 e. The van der Waals surface area contributed by atoms with Crippen LogP contribution in [0.25, 0.3) is 0 Å². The number of ether oxygens (including phenoxy) is 1. The molecule has 4 fully saturated rings. The first-order chi connectivity index (χ1) is 18.2. The summed E-state index contributed by atoms with van der Waals surface area (Å²) >= 11 is 0. The van der Waals surface area contributed by atoms with E-state index in [1.54, 1.807) is 0 Å². The van der Waals surface area contributed by atoms with E-state index >= 15 is 0 Å². The summed E-state index contributed by atoms with van der Waals surface area (Å²) in [5.41, 5.74) is 14.4. The molecular weight excluding hydrogens is 464 g/mol. The lowest BCUT2D eigenvalue weighted by Crippen LogP contribution is -2.54. The van der Waals surface area contributed by atoms with Crippen LogP contribution < -0.4 is 16.2 Å². The number of fused-ring (bicyclic) bond motifs is 5. The third-order valence-corrected chi connectivity index (χ3v) is 12.4. The van der Waals surface area contributed by atoms with Gasteiger partial charge in [0, 0.05) is 5.69 Å². The Hall–Kier alpha value is -1.90. The van der Waals surface area contributed by atoms with Crippen molar-refractivity contribution < 1.29 is 4.74 Å². The Morgan fingerprint density at radius 2 is 1.71 bits per heavy atom. The van der Waals surface area contributed by atoms with Crippen LogP contribution in [0.5, 0.6) is 5.75 Å². The first kappa shape index (κ1) is 27.7. The van der Waals surface area contributed by atoms with Crippen molar-refractivity contribution in [2.45, 2.75) is 104 Å². The fourth-order valence-corrected chi connectivity index (χ4v) is 10.2. The van der Waals surface area contributed by atoms with Gasteiger partial charge in [0.25, 0.3) is 0 Å². The lowest BCUT2D eigenvalue weighted by molar-refractivity contribution is -0.126. The number of nitrogens with two attached hydrogens (primary N) is 2. The van der Waals surface area contributed by atoms with Gasteiger partial charge < -0.3 is 16.2 Å². The Bertz CT molecular complexity index is 1000. The average molecular weight is 519 g/mol. The van der Waals surface area contributed by atoms with E-state index in [0.717, 1.165) is 41.8 Å². The standard InChI is InChI=1S/C35H54N2O/c1-6-23(3)9-8-10-24(7-2)29-14-15-30-28-13-11-25-21-27(38-33-16-12-26(36)22-32(33)37)17-19-34(25,4)31(28)18-20-35(29,30)5/h6-7,12,16,22-25,27-31H,1-2,8-11,13-15,17-21,36-37H2,3-5H3. The summed E-state index contributed by atoms with van der Waals surface area (Å²) in [7, 11) is 0. The Kier molecular flexibility index (Phi) is 7.96. The predicted molar refractivity (Wildman–Crippen MR) is 162 cm³/mol. The molecule has 0 radical (unpaired) electrons. The van der Waals surface area contributed by atoms with Crippen molar-refractivity contribution >= 4 is 11.4 Å². The molecule has 3 heteroatoms. The van der Waals surface area contributed by atoms with Crippen LogP contribution in [-0.4, -0.2) is 6.10 Å². The van der Waals surface area contributed by atoms with E-state index < -0.39 is 0 Å². The molecule has 0 amide bonds. The summed E-state index contributed by atoms with van der Waals surface area (Å²) < 4.78 is 6.47. The van der Waals surface area contributed by atoms with Crippen molar-refractivity contribution in [3.05, 3.63) is 43.5 Å². The summed E-state index contributed by atoms with van der Waals surface area (Å²) in [6.07, 6.45) is 20.7. The molecule has 1 aromatic rings. The Morgan fingerprint density at radius 3 is 2.45 bits per heavy atom. The van der Waals surface area contributed by atoms with E-state index in [4.69, 9.17) is 16.2 Å². The average Bonchev–Trinajstić information content (AvgIpc) is 3.25. The number of benzene rings is 1. The molecule has 0 spiro atoms. The van der Waals surface area contributed by atoms with E-state index in [9.17, 15) is 0 Å². The SMILES string of the molecule is C=CC(C)CCCC(C=C)C1CCC2C3CCC4CC(Oc5ccc(N)cc5N)CCC4(C)C3CCC12C. The van der Waals surface area contributed by atoms with E-state index in [2.05, 4.69) is 46.1 Å². The van der Waals surface area contributed by atoms with Gasteiger partial charge in [0.15, 0.2) is 0 Å². The first-order valence-corrected chi connectivity index (χ1v) is 15.8. The third kappa shape index (κ3) is 4.92. The molecule has 10 atom stereocenters. The quantitative estimate of drug-likeness (QED) is 0.253. The van der Waals surface area contributed by atoms with E-state index in [1.165, 1.54) is 70.6 Å².